The predicted octanol–water partition coefficient (Wildman–Crippen LogP) is 4.21. The van der Waals surface area contributed by atoms with Crippen molar-refractivity contribution in [2.75, 3.05) is 6.61 Å². The lowest BCUT2D eigenvalue weighted by Crippen LogP contribution is -2.11. The van der Waals surface area contributed by atoms with Crippen molar-refractivity contribution >= 4 is 26.7 Å². The van der Waals surface area contributed by atoms with Crippen molar-refractivity contribution in [3.05, 3.63) is 66.2 Å². The highest BCUT2D eigenvalue weighted by Crippen LogP contribution is 2.32. The number of hydrogen-bond acceptors (Lipinski definition) is 5. The molecule has 3 aromatic carbocycles. The van der Waals surface area contributed by atoms with Crippen LogP contribution in [0.5, 0.6) is 11.5 Å². The Bertz CT molecular complexity index is 1070. The van der Waals surface area contributed by atoms with Crippen LogP contribution in [-0.4, -0.2) is 20.8 Å². The van der Waals surface area contributed by atoms with Gasteiger partial charge in [0.2, 0.25) is 0 Å². The zero-order chi connectivity index (χ0) is 18.7. The van der Waals surface area contributed by atoms with Crippen LogP contribution in [0, 0.1) is 0 Å². The molecule has 0 aromatic heterocycles. The Labute approximate surface area is 152 Å². The van der Waals surface area contributed by atoms with Gasteiger partial charge in [-0.1, -0.05) is 36.4 Å². The number of rotatable bonds is 6. The number of benzene rings is 3. The van der Waals surface area contributed by atoms with Gasteiger partial charge >= 0.3 is 10.1 Å². The minimum atomic E-state index is -4.08. The first-order chi connectivity index (χ1) is 12.4. The molecule has 26 heavy (non-hydrogen) atoms. The van der Waals surface area contributed by atoms with Crippen molar-refractivity contribution in [1.29, 1.82) is 0 Å². The van der Waals surface area contributed by atoms with E-state index in [0.29, 0.717) is 28.7 Å². The van der Waals surface area contributed by atoms with Crippen LogP contribution < -0.4 is 8.92 Å². The van der Waals surface area contributed by atoms with E-state index in [1.807, 2.05) is 13.0 Å². The molecule has 0 bridgehead atoms. The van der Waals surface area contributed by atoms with E-state index in [2.05, 4.69) is 0 Å². The van der Waals surface area contributed by atoms with Gasteiger partial charge in [-0.15, -0.1) is 0 Å². The number of hydrogen-bond donors (Lipinski definition) is 0. The van der Waals surface area contributed by atoms with E-state index in [1.54, 1.807) is 36.4 Å². The monoisotopic (exact) mass is 370 g/mol. The summed E-state index contributed by atoms with van der Waals surface area (Å²) in [6.07, 6.45) is 0. The van der Waals surface area contributed by atoms with Gasteiger partial charge in [0.25, 0.3) is 0 Å². The molecule has 0 heterocycles. The van der Waals surface area contributed by atoms with E-state index in [4.69, 9.17) is 8.92 Å². The fraction of sp³-hybridized carbons (Fsp3) is 0.150. The van der Waals surface area contributed by atoms with Crippen molar-refractivity contribution in [3.8, 4) is 11.5 Å². The minimum absolute atomic E-state index is 0.0461. The van der Waals surface area contributed by atoms with E-state index in [1.165, 1.54) is 25.1 Å². The van der Waals surface area contributed by atoms with Crippen molar-refractivity contribution in [1.82, 2.24) is 0 Å². The van der Waals surface area contributed by atoms with E-state index in [9.17, 15) is 13.2 Å². The second-order valence-electron chi connectivity index (χ2n) is 5.66. The Hall–Kier alpha value is -2.86. The molecule has 6 heteroatoms. The molecule has 0 radical (unpaired) electrons. The maximum atomic E-state index is 12.8. The molecular formula is C20H18O5S. The first-order valence-corrected chi connectivity index (χ1v) is 9.53. The summed E-state index contributed by atoms with van der Waals surface area (Å²) in [7, 11) is -4.08. The first kappa shape index (κ1) is 17.9. The molecule has 3 rings (SSSR count). The lowest BCUT2D eigenvalue weighted by Gasteiger charge is -2.13. The van der Waals surface area contributed by atoms with Crippen LogP contribution in [0.15, 0.2) is 65.6 Å². The molecule has 134 valence electrons. The van der Waals surface area contributed by atoms with Crippen molar-refractivity contribution < 1.29 is 22.1 Å². The molecule has 0 spiro atoms. The number of carbonyl (C=O) groups is 1. The number of Topliss-reactive ketones (excluding diaryl/α,β-unsaturated/α-hetero) is 1. The molecule has 0 amide bonds. The fourth-order valence-electron chi connectivity index (χ4n) is 2.68. The van der Waals surface area contributed by atoms with Crippen LogP contribution in [0.1, 0.15) is 24.2 Å². The third-order valence-electron chi connectivity index (χ3n) is 3.86. The van der Waals surface area contributed by atoms with E-state index in [0.717, 1.165) is 0 Å². The molecule has 0 aliphatic rings. The Morgan fingerprint density at radius 1 is 0.962 bits per heavy atom. The van der Waals surface area contributed by atoms with Gasteiger partial charge in [-0.2, -0.15) is 8.42 Å². The van der Waals surface area contributed by atoms with Gasteiger partial charge in [0, 0.05) is 16.3 Å². The summed E-state index contributed by atoms with van der Waals surface area (Å²) in [5, 5.41) is 1.21. The molecule has 0 atom stereocenters. The molecule has 0 unspecified atom stereocenters. The normalized spacial score (nSPS) is 11.3. The van der Waals surface area contributed by atoms with Crippen molar-refractivity contribution in [2.45, 2.75) is 18.7 Å². The molecule has 3 aromatic rings. The Morgan fingerprint density at radius 3 is 2.38 bits per heavy atom. The molecular weight excluding hydrogens is 352 g/mol. The standard InChI is InChI=1S/C20H18O5S/c1-3-24-19-11-12-20(18-10-5-4-9-17(18)19)26(22,23)25-16-8-6-7-15(13-16)14(2)21/h4-13H,3H2,1-2H3. The topological polar surface area (TPSA) is 69.7 Å². The van der Waals surface area contributed by atoms with Crippen molar-refractivity contribution in [3.63, 3.8) is 0 Å². The van der Waals surface area contributed by atoms with Crippen LogP contribution in [-0.2, 0) is 10.1 Å². The summed E-state index contributed by atoms with van der Waals surface area (Å²) in [5.74, 6) is 0.538. The minimum Gasteiger partial charge on any atom is -0.493 e. The van der Waals surface area contributed by atoms with Gasteiger partial charge in [-0.25, -0.2) is 0 Å². The first-order valence-electron chi connectivity index (χ1n) is 8.12. The van der Waals surface area contributed by atoms with E-state index in [-0.39, 0.29) is 16.4 Å². The molecule has 0 fully saturated rings. The molecule has 0 aliphatic carbocycles. The number of ketones is 1. The van der Waals surface area contributed by atoms with Crippen LogP contribution in [0.3, 0.4) is 0 Å². The van der Waals surface area contributed by atoms with Gasteiger partial charge in [0.15, 0.2) is 5.78 Å². The summed E-state index contributed by atoms with van der Waals surface area (Å²) < 4.78 is 36.5. The van der Waals surface area contributed by atoms with Gasteiger partial charge in [-0.05, 0) is 38.1 Å². The average molecular weight is 370 g/mol. The largest absolute Gasteiger partial charge is 0.493 e. The summed E-state index contributed by atoms with van der Waals surface area (Å²) in [4.78, 5) is 11.5. The van der Waals surface area contributed by atoms with Gasteiger partial charge < -0.3 is 8.92 Å². The maximum absolute atomic E-state index is 12.8. The summed E-state index contributed by atoms with van der Waals surface area (Å²) in [5.41, 5.74) is 0.384. The summed E-state index contributed by atoms with van der Waals surface area (Å²) >= 11 is 0. The fourth-order valence-corrected chi connectivity index (χ4v) is 3.81. The highest BCUT2D eigenvalue weighted by atomic mass is 32.2. The number of carbonyl (C=O) groups excluding carboxylic acids is 1. The van der Waals surface area contributed by atoms with Crippen LogP contribution in [0.25, 0.3) is 10.8 Å². The second kappa shape index (κ2) is 7.17. The zero-order valence-electron chi connectivity index (χ0n) is 14.4. The highest BCUT2D eigenvalue weighted by molar-refractivity contribution is 7.87. The lowest BCUT2D eigenvalue weighted by atomic mass is 10.1. The van der Waals surface area contributed by atoms with Gasteiger partial charge in [0.1, 0.15) is 16.4 Å². The Balaban J connectivity index is 2.06. The maximum Gasteiger partial charge on any atom is 0.339 e. The molecule has 0 N–H and O–H groups in total. The second-order valence-corrected chi connectivity index (χ2v) is 7.18. The lowest BCUT2D eigenvalue weighted by molar-refractivity contribution is 0.101. The van der Waals surface area contributed by atoms with E-state index >= 15 is 0 Å². The molecule has 0 aliphatic heterocycles. The SMILES string of the molecule is CCOc1ccc(S(=O)(=O)Oc2cccc(C(C)=O)c2)c2ccccc12. The Kier molecular flexibility index (Phi) is 4.95. The molecule has 5 nitrogen and oxygen atoms in total. The van der Waals surface area contributed by atoms with E-state index < -0.39 is 10.1 Å². The number of ether oxygens (including phenoxy) is 1. The Morgan fingerprint density at radius 2 is 1.69 bits per heavy atom. The third kappa shape index (κ3) is 3.55. The third-order valence-corrected chi connectivity index (χ3v) is 5.17. The summed E-state index contributed by atoms with van der Waals surface area (Å²) in [6.45, 7) is 3.75. The highest BCUT2D eigenvalue weighted by Gasteiger charge is 2.21. The van der Waals surface area contributed by atoms with Crippen LogP contribution in [0.2, 0.25) is 0 Å². The zero-order valence-corrected chi connectivity index (χ0v) is 15.2. The molecule has 0 saturated heterocycles. The van der Waals surface area contributed by atoms with Gasteiger partial charge in [0.05, 0.1) is 6.61 Å². The predicted molar refractivity (Wildman–Crippen MR) is 99.4 cm³/mol. The molecule has 0 saturated carbocycles. The van der Waals surface area contributed by atoms with Crippen LogP contribution >= 0.6 is 0 Å². The average Bonchev–Trinajstić information content (AvgIpc) is 2.62. The summed E-state index contributed by atoms with van der Waals surface area (Å²) in [6, 6.07) is 16.3. The smallest absolute Gasteiger partial charge is 0.339 e. The van der Waals surface area contributed by atoms with Crippen molar-refractivity contribution in [2.24, 2.45) is 0 Å². The number of fused-ring (bicyclic) bond motifs is 1. The van der Waals surface area contributed by atoms with Gasteiger partial charge in [-0.3, -0.25) is 4.79 Å². The van der Waals surface area contributed by atoms with Crippen LogP contribution in [0.4, 0.5) is 0 Å². The quantitative estimate of drug-likeness (QED) is 0.480.